The van der Waals surface area contributed by atoms with Gasteiger partial charge < -0.3 is 0 Å². The van der Waals surface area contributed by atoms with Gasteiger partial charge in [-0.3, -0.25) is 9.69 Å². The molecule has 92 valence electrons. The Kier molecular flexibility index (Phi) is 3.89. The molecule has 0 saturated heterocycles. The van der Waals surface area contributed by atoms with Crippen LogP contribution in [0, 0.1) is 11.7 Å². The van der Waals surface area contributed by atoms with Crippen molar-refractivity contribution in [3.8, 4) is 0 Å². The zero-order valence-corrected chi connectivity index (χ0v) is 10.2. The van der Waals surface area contributed by atoms with Gasteiger partial charge in [0.25, 0.3) is 0 Å². The van der Waals surface area contributed by atoms with E-state index in [9.17, 15) is 9.18 Å². The molecule has 17 heavy (non-hydrogen) atoms. The van der Waals surface area contributed by atoms with E-state index in [1.807, 2.05) is 11.9 Å². The van der Waals surface area contributed by atoms with Crippen LogP contribution in [0.5, 0.6) is 0 Å². The molecule has 1 aromatic rings. The van der Waals surface area contributed by atoms with Gasteiger partial charge in [-0.15, -0.1) is 0 Å². The molecule has 0 unspecified atom stereocenters. The van der Waals surface area contributed by atoms with Crippen molar-refractivity contribution in [2.24, 2.45) is 5.92 Å². The molecule has 0 spiro atoms. The van der Waals surface area contributed by atoms with Gasteiger partial charge in [0.1, 0.15) is 5.82 Å². The molecule has 0 radical (unpaired) electrons. The van der Waals surface area contributed by atoms with Gasteiger partial charge in [0.2, 0.25) is 0 Å². The van der Waals surface area contributed by atoms with Crippen LogP contribution in [0.15, 0.2) is 24.3 Å². The van der Waals surface area contributed by atoms with Gasteiger partial charge in [0.05, 0.1) is 6.54 Å². The molecule has 1 aliphatic carbocycles. The first-order valence-corrected chi connectivity index (χ1v) is 6.09. The van der Waals surface area contributed by atoms with E-state index < -0.39 is 0 Å². The molecule has 0 bridgehead atoms. The van der Waals surface area contributed by atoms with Crippen LogP contribution in [-0.4, -0.2) is 30.8 Å². The summed E-state index contributed by atoms with van der Waals surface area (Å²) in [6.45, 7) is 1.41. The van der Waals surface area contributed by atoms with Crippen LogP contribution in [0.3, 0.4) is 0 Å². The normalized spacial score (nSPS) is 15.2. The lowest BCUT2D eigenvalue weighted by atomic mass is 10.1. The van der Waals surface area contributed by atoms with E-state index in [1.54, 1.807) is 18.2 Å². The second kappa shape index (κ2) is 5.41. The molecule has 0 heterocycles. The Bertz CT molecular complexity index is 401. The fourth-order valence-electron chi connectivity index (χ4n) is 2.02. The number of ketones is 1. The largest absolute Gasteiger partial charge is 0.299 e. The van der Waals surface area contributed by atoms with Crippen molar-refractivity contribution in [1.82, 2.24) is 4.90 Å². The highest BCUT2D eigenvalue weighted by Crippen LogP contribution is 2.29. The van der Waals surface area contributed by atoms with Crippen LogP contribution in [0.25, 0.3) is 0 Å². The van der Waals surface area contributed by atoms with Crippen LogP contribution in [-0.2, 0) is 11.2 Å². The van der Waals surface area contributed by atoms with E-state index >= 15 is 0 Å². The number of carbonyl (C=O) groups is 1. The van der Waals surface area contributed by atoms with Crippen LogP contribution in [0.1, 0.15) is 18.4 Å². The average Bonchev–Trinajstić information content (AvgIpc) is 3.05. The van der Waals surface area contributed by atoms with Gasteiger partial charge >= 0.3 is 0 Å². The summed E-state index contributed by atoms with van der Waals surface area (Å²) in [4.78, 5) is 13.8. The van der Waals surface area contributed by atoms with Crippen molar-refractivity contribution in [2.45, 2.75) is 19.3 Å². The Labute approximate surface area is 101 Å². The molecular formula is C14H18FNO. The first-order chi connectivity index (χ1) is 8.15. The molecule has 2 rings (SSSR count). The summed E-state index contributed by atoms with van der Waals surface area (Å²) in [5, 5.41) is 0. The Morgan fingerprint density at radius 1 is 1.41 bits per heavy atom. The maximum Gasteiger partial charge on any atom is 0.151 e. The first-order valence-electron chi connectivity index (χ1n) is 6.09. The number of carbonyl (C=O) groups excluding carboxylic acids is 1. The Morgan fingerprint density at radius 3 is 2.76 bits per heavy atom. The monoisotopic (exact) mass is 235 g/mol. The van der Waals surface area contributed by atoms with E-state index in [0.717, 1.165) is 12.5 Å². The minimum atomic E-state index is -0.286. The molecule has 1 aliphatic rings. The molecule has 3 heteroatoms. The third-order valence-electron chi connectivity index (χ3n) is 3.06. The second-order valence-corrected chi connectivity index (χ2v) is 4.95. The predicted octanol–water partition coefficient (Wildman–Crippen LogP) is 2.28. The summed E-state index contributed by atoms with van der Waals surface area (Å²) in [5.74, 6) is 0.574. The highest BCUT2D eigenvalue weighted by atomic mass is 19.1. The number of hydrogen-bond donors (Lipinski definition) is 0. The third kappa shape index (κ3) is 3.93. The zero-order valence-electron chi connectivity index (χ0n) is 10.2. The smallest absolute Gasteiger partial charge is 0.151 e. The van der Waals surface area contributed by atoms with E-state index in [2.05, 4.69) is 0 Å². The topological polar surface area (TPSA) is 20.3 Å². The number of rotatable bonds is 6. The molecule has 0 N–H and O–H groups in total. The van der Waals surface area contributed by atoms with E-state index in [1.165, 1.54) is 18.9 Å². The molecule has 0 amide bonds. The maximum atomic E-state index is 13.3. The van der Waals surface area contributed by atoms with Crippen molar-refractivity contribution < 1.29 is 9.18 Å². The summed E-state index contributed by atoms with van der Waals surface area (Å²) < 4.78 is 13.3. The van der Waals surface area contributed by atoms with E-state index in [4.69, 9.17) is 0 Å². The Balaban J connectivity index is 1.82. The summed E-state index contributed by atoms with van der Waals surface area (Å²) in [6.07, 6.45) is 2.76. The van der Waals surface area contributed by atoms with Crippen LogP contribution < -0.4 is 0 Å². The highest BCUT2D eigenvalue weighted by Gasteiger charge is 2.23. The zero-order chi connectivity index (χ0) is 12.3. The predicted molar refractivity (Wildman–Crippen MR) is 65.3 cm³/mol. The van der Waals surface area contributed by atoms with Crippen molar-refractivity contribution in [3.05, 3.63) is 35.6 Å². The van der Waals surface area contributed by atoms with E-state index in [-0.39, 0.29) is 18.0 Å². The molecular weight excluding hydrogens is 217 g/mol. The van der Waals surface area contributed by atoms with Gasteiger partial charge in [-0.05, 0) is 37.4 Å². The third-order valence-corrected chi connectivity index (χ3v) is 3.06. The van der Waals surface area contributed by atoms with Crippen molar-refractivity contribution >= 4 is 5.78 Å². The number of likely N-dealkylation sites (N-methyl/N-ethyl adjacent to an activating group) is 1. The van der Waals surface area contributed by atoms with Crippen LogP contribution in [0.2, 0.25) is 0 Å². The molecule has 1 fully saturated rings. The van der Waals surface area contributed by atoms with Gasteiger partial charge in [0.15, 0.2) is 5.78 Å². The number of halogens is 1. The summed E-state index contributed by atoms with van der Waals surface area (Å²) in [6, 6.07) is 6.48. The van der Waals surface area contributed by atoms with Gasteiger partial charge in [-0.25, -0.2) is 4.39 Å². The standard InChI is InChI=1S/C14H18FNO/c1-16(9-11-6-7-11)10-13(17)8-12-4-2-3-5-14(12)15/h2-5,11H,6-10H2,1H3. The molecule has 0 aliphatic heterocycles. The van der Waals surface area contributed by atoms with Crippen LogP contribution >= 0.6 is 0 Å². The minimum absolute atomic E-state index is 0.0817. The summed E-state index contributed by atoms with van der Waals surface area (Å²) in [7, 11) is 1.96. The molecule has 0 atom stereocenters. The van der Waals surface area contributed by atoms with Gasteiger partial charge in [0, 0.05) is 13.0 Å². The average molecular weight is 235 g/mol. The number of hydrogen-bond acceptors (Lipinski definition) is 2. The first kappa shape index (κ1) is 12.2. The SMILES string of the molecule is CN(CC(=O)Cc1ccccc1F)CC1CC1. The molecule has 1 aromatic carbocycles. The van der Waals surface area contributed by atoms with Crippen molar-refractivity contribution in [3.63, 3.8) is 0 Å². The van der Waals surface area contributed by atoms with Gasteiger partial charge in [-0.2, -0.15) is 0 Å². The fourth-order valence-corrected chi connectivity index (χ4v) is 2.02. The quantitative estimate of drug-likeness (QED) is 0.754. The lowest BCUT2D eigenvalue weighted by molar-refractivity contribution is -0.119. The minimum Gasteiger partial charge on any atom is -0.299 e. The van der Waals surface area contributed by atoms with Crippen molar-refractivity contribution in [2.75, 3.05) is 20.1 Å². The van der Waals surface area contributed by atoms with E-state index in [0.29, 0.717) is 12.1 Å². The Hall–Kier alpha value is -1.22. The molecule has 2 nitrogen and oxygen atoms in total. The van der Waals surface area contributed by atoms with Crippen LogP contribution in [0.4, 0.5) is 4.39 Å². The number of nitrogens with zero attached hydrogens (tertiary/aromatic N) is 1. The van der Waals surface area contributed by atoms with Crippen molar-refractivity contribution in [1.29, 1.82) is 0 Å². The second-order valence-electron chi connectivity index (χ2n) is 4.95. The highest BCUT2D eigenvalue weighted by molar-refractivity contribution is 5.82. The lowest BCUT2D eigenvalue weighted by Crippen LogP contribution is -2.28. The maximum absolute atomic E-state index is 13.3. The molecule has 0 aromatic heterocycles. The summed E-state index contributed by atoms with van der Waals surface area (Å²) in [5.41, 5.74) is 0.498. The Morgan fingerprint density at radius 2 is 2.12 bits per heavy atom. The molecule has 1 saturated carbocycles. The summed E-state index contributed by atoms with van der Waals surface area (Å²) >= 11 is 0. The fraction of sp³-hybridized carbons (Fsp3) is 0.500. The lowest BCUT2D eigenvalue weighted by Gasteiger charge is -2.15. The van der Waals surface area contributed by atoms with Gasteiger partial charge in [-0.1, -0.05) is 18.2 Å². The number of benzene rings is 1. The number of Topliss-reactive ketones (excluding diaryl/α,β-unsaturated/α-hetero) is 1.